The number of hydrogen-bond acceptors (Lipinski definition) is 4. The van der Waals surface area contributed by atoms with Crippen LogP contribution in [0.5, 0.6) is 0 Å². The predicted molar refractivity (Wildman–Crippen MR) is 78.4 cm³/mol. The lowest BCUT2D eigenvalue weighted by molar-refractivity contribution is 0.561. The van der Waals surface area contributed by atoms with Gasteiger partial charge in [-0.25, -0.2) is 8.78 Å². The fraction of sp³-hybridized carbons (Fsp3) is 0.467. The zero-order chi connectivity index (χ0) is 14.7. The van der Waals surface area contributed by atoms with Crippen LogP contribution in [0.3, 0.4) is 0 Å². The Balaban J connectivity index is 1.54. The molecule has 3 rings (SSSR count). The number of benzene rings is 1. The first kappa shape index (κ1) is 14.5. The lowest BCUT2D eigenvalue weighted by Gasteiger charge is -2.01. The van der Waals surface area contributed by atoms with Crippen LogP contribution in [0.15, 0.2) is 18.2 Å². The molecule has 3 nitrogen and oxygen atoms in total. The Kier molecular flexibility index (Phi) is 4.55. The van der Waals surface area contributed by atoms with Crippen molar-refractivity contribution >= 4 is 11.3 Å². The van der Waals surface area contributed by atoms with Crippen LogP contribution in [0, 0.1) is 11.6 Å². The van der Waals surface area contributed by atoms with E-state index in [2.05, 4.69) is 15.5 Å². The molecule has 112 valence electrons. The number of hydrogen-bond donors (Lipinski definition) is 1. The molecule has 0 unspecified atom stereocenters. The van der Waals surface area contributed by atoms with Crippen LogP contribution in [0.1, 0.15) is 34.8 Å². The third kappa shape index (κ3) is 4.04. The SMILES string of the molecule is Fc1cccc(F)c1Cc1nnc(CCCNC2CC2)s1. The number of rotatable bonds is 7. The van der Waals surface area contributed by atoms with Gasteiger partial charge in [0.05, 0.1) is 0 Å². The summed E-state index contributed by atoms with van der Waals surface area (Å²) in [6, 6.07) is 4.62. The monoisotopic (exact) mass is 309 g/mol. The first-order chi connectivity index (χ1) is 10.2. The van der Waals surface area contributed by atoms with E-state index < -0.39 is 11.6 Å². The van der Waals surface area contributed by atoms with Gasteiger partial charge in [0.2, 0.25) is 0 Å². The normalized spacial score (nSPS) is 14.6. The largest absolute Gasteiger partial charge is 0.314 e. The van der Waals surface area contributed by atoms with Crippen molar-refractivity contribution in [2.24, 2.45) is 0 Å². The molecule has 21 heavy (non-hydrogen) atoms. The van der Waals surface area contributed by atoms with Crippen LogP contribution >= 0.6 is 11.3 Å². The van der Waals surface area contributed by atoms with E-state index in [0.29, 0.717) is 5.01 Å². The standard InChI is InChI=1S/C15H17F2N3S/c16-12-3-1-4-13(17)11(12)9-15-20-19-14(21-15)5-2-8-18-10-6-7-10/h1,3-4,10,18H,2,5-9H2. The van der Waals surface area contributed by atoms with Crippen molar-refractivity contribution < 1.29 is 8.78 Å². The molecule has 0 amide bonds. The van der Waals surface area contributed by atoms with Crippen LogP contribution in [-0.4, -0.2) is 22.8 Å². The Morgan fingerprint density at radius 1 is 1.14 bits per heavy atom. The second-order valence-corrected chi connectivity index (χ2v) is 6.45. The van der Waals surface area contributed by atoms with Crippen LogP contribution < -0.4 is 5.32 Å². The minimum atomic E-state index is -0.527. The Morgan fingerprint density at radius 3 is 2.57 bits per heavy atom. The predicted octanol–water partition coefficient (Wildman–Crippen LogP) is 3.09. The molecular formula is C15H17F2N3S. The maximum Gasteiger partial charge on any atom is 0.129 e. The fourth-order valence-corrected chi connectivity index (χ4v) is 3.04. The second-order valence-electron chi connectivity index (χ2n) is 5.30. The van der Waals surface area contributed by atoms with E-state index in [1.54, 1.807) is 0 Å². The Labute approximate surface area is 126 Å². The summed E-state index contributed by atoms with van der Waals surface area (Å²) in [5, 5.41) is 13.2. The molecule has 1 N–H and O–H groups in total. The lowest BCUT2D eigenvalue weighted by atomic mass is 10.1. The van der Waals surface area contributed by atoms with Gasteiger partial charge in [0.15, 0.2) is 0 Å². The highest BCUT2D eigenvalue weighted by molar-refractivity contribution is 7.11. The van der Waals surface area contributed by atoms with Crippen molar-refractivity contribution in [3.05, 3.63) is 45.4 Å². The minimum Gasteiger partial charge on any atom is -0.314 e. The zero-order valence-electron chi connectivity index (χ0n) is 11.6. The van der Waals surface area contributed by atoms with Gasteiger partial charge in [0.1, 0.15) is 21.6 Å². The summed E-state index contributed by atoms with van der Waals surface area (Å²) in [7, 11) is 0. The third-order valence-corrected chi connectivity index (χ3v) is 4.46. The molecule has 1 aromatic heterocycles. The second kappa shape index (κ2) is 6.58. The molecule has 0 spiro atoms. The van der Waals surface area contributed by atoms with E-state index in [4.69, 9.17) is 0 Å². The van der Waals surface area contributed by atoms with Crippen LogP contribution in [0.25, 0.3) is 0 Å². The summed E-state index contributed by atoms with van der Waals surface area (Å²) < 4.78 is 27.2. The van der Waals surface area contributed by atoms with E-state index >= 15 is 0 Å². The summed E-state index contributed by atoms with van der Waals surface area (Å²) in [6.07, 6.45) is 4.61. The van der Waals surface area contributed by atoms with Crippen LogP contribution in [0.4, 0.5) is 8.78 Å². The summed E-state index contributed by atoms with van der Waals surface area (Å²) in [4.78, 5) is 0. The number of nitrogens with one attached hydrogen (secondary N) is 1. The molecule has 0 radical (unpaired) electrons. The minimum absolute atomic E-state index is 0.0654. The highest BCUT2D eigenvalue weighted by Gasteiger charge is 2.19. The Bertz CT molecular complexity index is 590. The maximum absolute atomic E-state index is 13.6. The van der Waals surface area contributed by atoms with Gasteiger partial charge in [0, 0.05) is 24.4 Å². The van der Waals surface area contributed by atoms with Gasteiger partial charge in [0.25, 0.3) is 0 Å². The number of aromatic nitrogens is 2. The fourth-order valence-electron chi connectivity index (χ4n) is 2.15. The molecule has 0 aliphatic heterocycles. The summed E-state index contributed by atoms with van der Waals surface area (Å²) in [5.41, 5.74) is 0.0654. The van der Waals surface area contributed by atoms with Crippen molar-refractivity contribution in [2.75, 3.05) is 6.54 Å². The van der Waals surface area contributed by atoms with E-state index in [1.807, 2.05) is 0 Å². The first-order valence-corrected chi connectivity index (χ1v) is 8.01. The molecule has 2 aromatic rings. The molecule has 0 bridgehead atoms. The van der Waals surface area contributed by atoms with Gasteiger partial charge >= 0.3 is 0 Å². The van der Waals surface area contributed by atoms with Gasteiger partial charge in [-0.2, -0.15) is 0 Å². The smallest absolute Gasteiger partial charge is 0.129 e. The Hall–Kier alpha value is -1.40. The van der Waals surface area contributed by atoms with Crippen molar-refractivity contribution in [3.63, 3.8) is 0 Å². The molecule has 1 saturated carbocycles. The van der Waals surface area contributed by atoms with Gasteiger partial charge in [-0.1, -0.05) is 6.07 Å². The molecular weight excluding hydrogens is 292 g/mol. The van der Waals surface area contributed by atoms with Crippen molar-refractivity contribution in [3.8, 4) is 0 Å². The van der Waals surface area contributed by atoms with Crippen molar-refractivity contribution in [2.45, 2.75) is 38.1 Å². The summed E-state index contributed by atoms with van der Waals surface area (Å²) in [6.45, 7) is 0.988. The van der Waals surface area contributed by atoms with E-state index in [0.717, 1.165) is 30.4 Å². The average molecular weight is 309 g/mol. The van der Waals surface area contributed by atoms with Gasteiger partial charge in [-0.15, -0.1) is 21.5 Å². The number of nitrogens with zero attached hydrogens (tertiary/aromatic N) is 2. The molecule has 6 heteroatoms. The number of aryl methyl sites for hydroxylation is 1. The summed E-state index contributed by atoms with van der Waals surface area (Å²) in [5.74, 6) is -1.05. The highest BCUT2D eigenvalue weighted by Crippen LogP contribution is 2.21. The summed E-state index contributed by atoms with van der Waals surface area (Å²) >= 11 is 1.44. The van der Waals surface area contributed by atoms with E-state index in [-0.39, 0.29) is 12.0 Å². The quantitative estimate of drug-likeness (QED) is 0.799. The molecule has 1 aromatic carbocycles. The van der Waals surface area contributed by atoms with Crippen LogP contribution in [0.2, 0.25) is 0 Å². The molecule has 0 atom stereocenters. The third-order valence-electron chi connectivity index (χ3n) is 3.48. The topological polar surface area (TPSA) is 37.8 Å². The number of halogens is 2. The average Bonchev–Trinajstić information content (AvgIpc) is 3.18. The van der Waals surface area contributed by atoms with Crippen molar-refractivity contribution in [1.29, 1.82) is 0 Å². The maximum atomic E-state index is 13.6. The van der Waals surface area contributed by atoms with E-state index in [9.17, 15) is 8.78 Å². The Morgan fingerprint density at radius 2 is 1.86 bits per heavy atom. The van der Waals surface area contributed by atoms with Gasteiger partial charge in [-0.3, -0.25) is 0 Å². The van der Waals surface area contributed by atoms with Gasteiger partial charge in [-0.05, 0) is 37.9 Å². The molecule has 1 heterocycles. The van der Waals surface area contributed by atoms with Crippen molar-refractivity contribution in [1.82, 2.24) is 15.5 Å². The highest BCUT2D eigenvalue weighted by atomic mass is 32.1. The zero-order valence-corrected chi connectivity index (χ0v) is 12.4. The molecule has 1 aliphatic rings. The van der Waals surface area contributed by atoms with Crippen LogP contribution in [-0.2, 0) is 12.8 Å². The van der Waals surface area contributed by atoms with Gasteiger partial charge < -0.3 is 5.32 Å². The molecule has 1 fully saturated rings. The lowest BCUT2D eigenvalue weighted by Crippen LogP contribution is -2.17. The molecule has 0 saturated heterocycles. The molecule has 1 aliphatic carbocycles. The van der Waals surface area contributed by atoms with E-state index in [1.165, 1.54) is 42.4 Å². The first-order valence-electron chi connectivity index (χ1n) is 7.20.